The normalized spacial score (nSPS) is 17.2. The summed E-state index contributed by atoms with van der Waals surface area (Å²) in [6.07, 6.45) is 1.79. The lowest BCUT2D eigenvalue weighted by Crippen LogP contribution is -2.41. The maximum absolute atomic E-state index is 12.3. The first-order valence-electron chi connectivity index (χ1n) is 7.75. The fourth-order valence-electron chi connectivity index (χ4n) is 2.52. The molecule has 0 spiro atoms. The second-order valence-corrected chi connectivity index (χ2v) is 5.74. The molecule has 1 aromatic rings. The van der Waals surface area contributed by atoms with Crippen molar-refractivity contribution >= 4 is 5.69 Å². The first-order chi connectivity index (χ1) is 10.1. The standard InChI is InChI=1S/C15H26N4O2/c1-4-16-14(12(2)3)11-19-15(20)9-13(10-17-19)18-5-7-21-8-6-18/h9-10,12,14,16H,4-8,11H2,1-3H3. The van der Waals surface area contributed by atoms with E-state index in [0.29, 0.717) is 25.7 Å². The van der Waals surface area contributed by atoms with Crippen LogP contribution in [-0.4, -0.2) is 48.7 Å². The predicted molar refractivity (Wildman–Crippen MR) is 83.8 cm³/mol. The zero-order valence-corrected chi connectivity index (χ0v) is 13.2. The molecule has 1 N–H and O–H groups in total. The van der Waals surface area contributed by atoms with Gasteiger partial charge in [0.2, 0.25) is 0 Å². The van der Waals surface area contributed by atoms with Gasteiger partial charge in [-0.3, -0.25) is 4.79 Å². The van der Waals surface area contributed by atoms with Crippen molar-refractivity contribution in [2.24, 2.45) is 5.92 Å². The van der Waals surface area contributed by atoms with Gasteiger partial charge in [0.05, 0.1) is 31.6 Å². The number of rotatable bonds is 6. The van der Waals surface area contributed by atoms with E-state index in [1.165, 1.54) is 0 Å². The lowest BCUT2D eigenvalue weighted by molar-refractivity contribution is 0.122. The first kappa shape index (κ1) is 16.0. The van der Waals surface area contributed by atoms with E-state index >= 15 is 0 Å². The SMILES string of the molecule is CCNC(Cn1ncc(N2CCOCC2)cc1=O)C(C)C. The van der Waals surface area contributed by atoms with Gasteiger partial charge in [0.15, 0.2) is 0 Å². The molecule has 6 nitrogen and oxygen atoms in total. The Kier molecular flexibility index (Phi) is 5.76. The Morgan fingerprint density at radius 2 is 2.10 bits per heavy atom. The van der Waals surface area contributed by atoms with Crippen LogP contribution < -0.4 is 15.8 Å². The van der Waals surface area contributed by atoms with E-state index < -0.39 is 0 Å². The summed E-state index contributed by atoms with van der Waals surface area (Å²) in [6.45, 7) is 10.9. The minimum atomic E-state index is -0.0393. The summed E-state index contributed by atoms with van der Waals surface area (Å²) in [4.78, 5) is 14.4. The number of hydrogen-bond donors (Lipinski definition) is 1. The van der Waals surface area contributed by atoms with Crippen molar-refractivity contribution in [2.75, 3.05) is 37.7 Å². The minimum Gasteiger partial charge on any atom is -0.378 e. The molecule has 1 aliphatic rings. The molecule has 1 aromatic heterocycles. The topological polar surface area (TPSA) is 59.4 Å². The molecule has 1 saturated heterocycles. The average Bonchev–Trinajstić information content (AvgIpc) is 2.49. The van der Waals surface area contributed by atoms with Crippen molar-refractivity contribution in [2.45, 2.75) is 33.4 Å². The highest BCUT2D eigenvalue weighted by Crippen LogP contribution is 2.11. The smallest absolute Gasteiger partial charge is 0.268 e. The van der Waals surface area contributed by atoms with Crippen LogP contribution in [0.3, 0.4) is 0 Å². The van der Waals surface area contributed by atoms with Gasteiger partial charge in [-0.2, -0.15) is 5.10 Å². The molecule has 0 aromatic carbocycles. The van der Waals surface area contributed by atoms with E-state index in [1.54, 1.807) is 16.9 Å². The number of morpholine rings is 1. The molecule has 0 radical (unpaired) electrons. The zero-order valence-electron chi connectivity index (χ0n) is 13.2. The van der Waals surface area contributed by atoms with Crippen molar-refractivity contribution in [3.05, 3.63) is 22.6 Å². The molecule has 1 aliphatic heterocycles. The number of hydrogen-bond acceptors (Lipinski definition) is 5. The largest absolute Gasteiger partial charge is 0.378 e. The molecular weight excluding hydrogens is 268 g/mol. The molecule has 1 unspecified atom stereocenters. The fourth-order valence-corrected chi connectivity index (χ4v) is 2.52. The molecule has 6 heteroatoms. The molecule has 1 atom stereocenters. The summed E-state index contributed by atoms with van der Waals surface area (Å²) in [5.41, 5.74) is 0.853. The molecule has 0 amide bonds. The third-order valence-corrected chi connectivity index (χ3v) is 3.87. The first-order valence-corrected chi connectivity index (χ1v) is 7.75. The quantitative estimate of drug-likeness (QED) is 0.837. The Hall–Kier alpha value is -1.40. The van der Waals surface area contributed by atoms with E-state index in [1.807, 2.05) is 0 Å². The molecular formula is C15H26N4O2. The minimum absolute atomic E-state index is 0.0393. The third-order valence-electron chi connectivity index (χ3n) is 3.87. The van der Waals surface area contributed by atoms with Crippen LogP contribution in [0.2, 0.25) is 0 Å². The number of ether oxygens (including phenoxy) is 1. The molecule has 2 rings (SSSR count). The summed E-state index contributed by atoms with van der Waals surface area (Å²) in [7, 11) is 0. The molecule has 0 saturated carbocycles. The van der Waals surface area contributed by atoms with Gasteiger partial charge >= 0.3 is 0 Å². The second kappa shape index (κ2) is 7.56. The maximum atomic E-state index is 12.3. The van der Waals surface area contributed by atoms with Crippen molar-refractivity contribution < 1.29 is 4.74 Å². The summed E-state index contributed by atoms with van der Waals surface area (Å²) >= 11 is 0. The van der Waals surface area contributed by atoms with Crippen LogP contribution in [-0.2, 0) is 11.3 Å². The zero-order chi connectivity index (χ0) is 15.2. The van der Waals surface area contributed by atoms with Crippen molar-refractivity contribution in [3.8, 4) is 0 Å². The Balaban J connectivity index is 2.09. The third kappa shape index (κ3) is 4.28. The molecule has 0 aliphatic carbocycles. The highest BCUT2D eigenvalue weighted by Gasteiger charge is 2.16. The van der Waals surface area contributed by atoms with Crippen LogP contribution in [0.25, 0.3) is 0 Å². The Bertz CT molecular complexity index is 495. The molecule has 0 bridgehead atoms. The van der Waals surface area contributed by atoms with Gasteiger partial charge in [-0.05, 0) is 12.5 Å². The summed E-state index contributed by atoms with van der Waals surface area (Å²) in [5, 5.41) is 7.75. The van der Waals surface area contributed by atoms with E-state index in [-0.39, 0.29) is 11.6 Å². The van der Waals surface area contributed by atoms with E-state index in [4.69, 9.17) is 4.74 Å². The van der Waals surface area contributed by atoms with Gasteiger partial charge in [0.1, 0.15) is 0 Å². The van der Waals surface area contributed by atoms with Crippen LogP contribution in [0.1, 0.15) is 20.8 Å². The van der Waals surface area contributed by atoms with Crippen LogP contribution in [0.4, 0.5) is 5.69 Å². The van der Waals surface area contributed by atoms with Crippen molar-refractivity contribution in [3.63, 3.8) is 0 Å². The Morgan fingerprint density at radius 3 is 2.67 bits per heavy atom. The van der Waals surface area contributed by atoms with E-state index in [0.717, 1.165) is 25.3 Å². The Morgan fingerprint density at radius 1 is 1.38 bits per heavy atom. The average molecular weight is 294 g/mol. The van der Waals surface area contributed by atoms with Gasteiger partial charge in [-0.15, -0.1) is 0 Å². The van der Waals surface area contributed by atoms with Gasteiger partial charge in [-0.25, -0.2) is 4.68 Å². The van der Waals surface area contributed by atoms with Gasteiger partial charge in [0.25, 0.3) is 5.56 Å². The molecule has 21 heavy (non-hydrogen) atoms. The van der Waals surface area contributed by atoms with Crippen LogP contribution >= 0.6 is 0 Å². The lowest BCUT2D eigenvalue weighted by atomic mass is 10.0. The Labute approximate surface area is 126 Å². The van der Waals surface area contributed by atoms with E-state index in [9.17, 15) is 4.79 Å². The van der Waals surface area contributed by atoms with Crippen LogP contribution in [0.5, 0.6) is 0 Å². The summed E-state index contributed by atoms with van der Waals surface area (Å²) in [5.74, 6) is 0.456. The number of likely N-dealkylation sites (N-methyl/N-ethyl adjacent to an activating group) is 1. The summed E-state index contributed by atoms with van der Waals surface area (Å²) < 4.78 is 6.88. The van der Waals surface area contributed by atoms with E-state index in [2.05, 4.69) is 36.1 Å². The molecule has 118 valence electrons. The van der Waals surface area contributed by atoms with Crippen LogP contribution in [0.15, 0.2) is 17.1 Å². The van der Waals surface area contributed by atoms with Crippen LogP contribution in [0, 0.1) is 5.92 Å². The lowest BCUT2D eigenvalue weighted by Gasteiger charge is -2.28. The number of nitrogens with one attached hydrogen (secondary N) is 1. The fraction of sp³-hybridized carbons (Fsp3) is 0.733. The summed E-state index contributed by atoms with van der Waals surface area (Å²) in [6, 6.07) is 1.94. The predicted octanol–water partition coefficient (Wildman–Crippen LogP) is 0.714. The monoisotopic (exact) mass is 294 g/mol. The van der Waals surface area contributed by atoms with Gasteiger partial charge < -0.3 is 15.0 Å². The highest BCUT2D eigenvalue weighted by molar-refractivity contribution is 5.43. The maximum Gasteiger partial charge on any atom is 0.268 e. The number of nitrogens with zero attached hydrogens (tertiary/aromatic N) is 3. The van der Waals surface area contributed by atoms with Crippen molar-refractivity contribution in [1.29, 1.82) is 0 Å². The van der Waals surface area contributed by atoms with Gasteiger partial charge in [-0.1, -0.05) is 20.8 Å². The van der Waals surface area contributed by atoms with Gasteiger partial charge in [0, 0.05) is 25.2 Å². The van der Waals surface area contributed by atoms with Crippen molar-refractivity contribution in [1.82, 2.24) is 15.1 Å². The number of aromatic nitrogens is 2. The highest BCUT2D eigenvalue weighted by atomic mass is 16.5. The number of anilines is 1. The second-order valence-electron chi connectivity index (χ2n) is 5.74. The molecule has 1 fully saturated rings. The molecule has 2 heterocycles.